The summed E-state index contributed by atoms with van der Waals surface area (Å²) in [5.74, 6) is 2.53. The molecule has 0 aliphatic carbocycles. The van der Waals surface area contributed by atoms with Crippen LogP contribution in [0, 0.1) is 0 Å². The monoisotopic (exact) mass is 512 g/mol. The van der Waals surface area contributed by atoms with E-state index >= 15 is 0 Å². The molecule has 2 nitrogen and oxygen atoms in total. The zero-order valence-corrected chi connectivity index (χ0v) is 18.6. The van der Waals surface area contributed by atoms with Gasteiger partial charge in [-0.1, -0.05) is 0 Å². The Balaban J connectivity index is 1.38. The Morgan fingerprint density at radius 1 is 0.870 bits per heavy atom. The summed E-state index contributed by atoms with van der Waals surface area (Å²) < 4.78 is 20.8. The minimum absolute atomic E-state index is 0.141. The first-order valence-corrected chi connectivity index (χ1v) is 14.2. The van der Waals surface area contributed by atoms with E-state index in [-0.39, 0.29) is 6.29 Å². The van der Waals surface area contributed by atoms with Crippen molar-refractivity contribution in [1.29, 1.82) is 0 Å². The quantitative estimate of drug-likeness (QED) is 0.538. The van der Waals surface area contributed by atoms with E-state index < -0.39 is 0 Å². The molecule has 8 heteroatoms. The SMILES string of the molecule is c1cc2c(cc1C1OCCO1)[Se]C(=C1SC3=C(SCCS3)S1)[Se]2. The molecule has 0 saturated carbocycles. The van der Waals surface area contributed by atoms with Crippen LogP contribution in [0.5, 0.6) is 0 Å². The Morgan fingerprint density at radius 3 is 2.30 bits per heavy atom. The third-order valence-corrected chi connectivity index (χ3v) is 17.0. The zero-order chi connectivity index (χ0) is 15.2. The van der Waals surface area contributed by atoms with Crippen LogP contribution in [0.3, 0.4) is 0 Å². The van der Waals surface area contributed by atoms with E-state index in [4.69, 9.17) is 9.47 Å². The van der Waals surface area contributed by atoms with Gasteiger partial charge in [-0.2, -0.15) is 0 Å². The Bertz CT molecular complexity index is 708. The summed E-state index contributed by atoms with van der Waals surface area (Å²) in [5.41, 5.74) is 1.19. The molecular weight excluding hydrogens is 498 g/mol. The molecule has 0 aromatic heterocycles. The van der Waals surface area contributed by atoms with E-state index in [1.54, 1.807) is 25.0 Å². The van der Waals surface area contributed by atoms with Crippen LogP contribution in [0.15, 0.2) is 34.3 Å². The van der Waals surface area contributed by atoms with Gasteiger partial charge in [0, 0.05) is 0 Å². The van der Waals surface area contributed by atoms with Crippen molar-refractivity contribution in [2.45, 2.75) is 6.29 Å². The van der Waals surface area contributed by atoms with Gasteiger partial charge < -0.3 is 0 Å². The van der Waals surface area contributed by atoms with Crippen LogP contribution in [0.25, 0.3) is 0 Å². The molecule has 1 aromatic carbocycles. The molecule has 0 radical (unpaired) electrons. The molecule has 0 spiro atoms. The molecular formula is C15H12O2S4Se2. The molecule has 0 unspecified atom stereocenters. The molecule has 0 atom stereocenters. The first-order chi connectivity index (χ1) is 11.4. The summed E-state index contributed by atoms with van der Waals surface area (Å²) in [6, 6.07) is 6.85. The van der Waals surface area contributed by atoms with E-state index in [9.17, 15) is 0 Å². The molecule has 0 N–H and O–H groups in total. The van der Waals surface area contributed by atoms with Crippen LogP contribution in [0.1, 0.15) is 11.9 Å². The van der Waals surface area contributed by atoms with Crippen molar-refractivity contribution in [3.8, 4) is 0 Å². The van der Waals surface area contributed by atoms with Gasteiger partial charge in [-0.15, -0.1) is 0 Å². The van der Waals surface area contributed by atoms with Crippen molar-refractivity contribution in [3.05, 3.63) is 39.8 Å². The maximum atomic E-state index is 5.65. The van der Waals surface area contributed by atoms with Crippen molar-refractivity contribution in [3.63, 3.8) is 0 Å². The van der Waals surface area contributed by atoms with E-state index in [2.05, 4.69) is 18.2 Å². The van der Waals surface area contributed by atoms with Gasteiger partial charge in [0.1, 0.15) is 0 Å². The van der Waals surface area contributed by atoms with Crippen molar-refractivity contribution < 1.29 is 9.47 Å². The topological polar surface area (TPSA) is 18.5 Å². The Hall–Kier alpha value is 1.06. The molecule has 0 amide bonds. The molecule has 5 rings (SSSR count). The second-order valence-corrected chi connectivity index (χ2v) is 15.8. The fourth-order valence-corrected chi connectivity index (χ4v) is 16.0. The summed E-state index contributed by atoms with van der Waals surface area (Å²) in [4.78, 5) is 0. The predicted molar refractivity (Wildman–Crippen MR) is 106 cm³/mol. The van der Waals surface area contributed by atoms with Crippen LogP contribution in [0.2, 0.25) is 0 Å². The molecule has 1 fully saturated rings. The van der Waals surface area contributed by atoms with Gasteiger partial charge in [-0.05, 0) is 0 Å². The third-order valence-electron chi connectivity index (χ3n) is 3.52. The van der Waals surface area contributed by atoms with E-state index in [0.717, 1.165) is 0 Å². The van der Waals surface area contributed by atoms with Gasteiger partial charge >= 0.3 is 166 Å². The fourth-order valence-electron chi connectivity index (χ4n) is 2.49. The van der Waals surface area contributed by atoms with Crippen molar-refractivity contribution in [1.82, 2.24) is 0 Å². The number of hydrogen-bond acceptors (Lipinski definition) is 6. The van der Waals surface area contributed by atoms with Crippen molar-refractivity contribution in [2.75, 3.05) is 24.7 Å². The molecule has 4 heterocycles. The van der Waals surface area contributed by atoms with Gasteiger partial charge in [0.15, 0.2) is 0 Å². The van der Waals surface area contributed by atoms with Crippen LogP contribution >= 0.6 is 47.0 Å². The van der Waals surface area contributed by atoms with E-state index in [1.807, 2.05) is 47.0 Å². The first-order valence-electron chi connectivity index (χ1n) is 7.19. The van der Waals surface area contributed by atoms with E-state index in [1.165, 1.54) is 17.1 Å². The van der Waals surface area contributed by atoms with E-state index in [0.29, 0.717) is 43.1 Å². The Labute approximate surface area is 165 Å². The second kappa shape index (κ2) is 6.99. The van der Waals surface area contributed by atoms with Crippen LogP contribution < -0.4 is 8.92 Å². The van der Waals surface area contributed by atoms with Crippen molar-refractivity contribution in [2.24, 2.45) is 0 Å². The van der Waals surface area contributed by atoms with Gasteiger partial charge in [0.25, 0.3) is 0 Å². The van der Waals surface area contributed by atoms with Crippen LogP contribution in [0.4, 0.5) is 0 Å². The Morgan fingerprint density at radius 2 is 1.57 bits per heavy atom. The molecule has 4 aliphatic rings. The van der Waals surface area contributed by atoms with Crippen molar-refractivity contribution >= 4 is 85.9 Å². The summed E-state index contributed by atoms with van der Waals surface area (Å²) >= 11 is 9.15. The third kappa shape index (κ3) is 3.25. The van der Waals surface area contributed by atoms with Gasteiger partial charge in [0.05, 0.1) is 0 Å². The maximum absolute atomic E-state index is 5.65. The average Bonchev–Trinajstić information content (AvgIpc) is 3.31. The summed E-state index contributed by atoms with van der Waals surface area (Å²) in [6.45, 7) is 1.43. The summed E-state index contributed by atoms with van der Waals surface area (Å²) in [7, 11) is 0. The number of fused-ring (bicyclic) bond motifs is 1. The van der Waals surface area contributed by atoms with Crippen LogP contribution in [-0.2, 0) is 9.47 Å². The number of ether oxygens (including phenoxy) is 2. The predicted octanol–water partition coefficient (Wildman–Crippen LogP) is 2.62. The molecule has 4 aliphatic heterocycles. The van der Waals surface area contributed by atoms with Crippen LogP contribution in [-0.4, -0.2) is 54.6 Å². The Kier molecular flexibility index (Phi) is 4.94. The standard InChI is InChI=1S/C15H12O2S4Se2/c1-2-9-10(7-8(1)11-16-3-4-17-11)23-15(22-9)14-20-12-13(21-14)19-6-5-18-12/h1-2,7,11H,3-6H2. The first kappa shape index (κ1) is 16.2. The number of benzene rings is 1. The second-order valence-electron chi connectivity index (χ2n) is 5.03. The fraction of sp³-hybridized carbons (Fsp3) is 0.333. The molecule has 1 saturated heterocycles. The van der Waals surface area contributed by atoms with Gasteiger partial charge in [-0.25, -0.2) is 0 Å². The zero-order valence-electron chi connectivity index (χ0n) is 11.9. The van der Waals surface area contributed by atoms with Gasteiger partial charge in [0.2, 0.25) is 0 Å². The molecule has 120 valence electrons. The summed E-state index contributed by atoms with van der Waals surface area (Å²) in [5, 5.41) is 0. The number of thioether (sulfide) groups is 4. The molecule has 1 aromatic rings. The molecule has 23 heavy (non-hydrogen) atoms. The summed E-state index contributed by atoms with van der Waals surface area (Å²) in [6.07, 6.45) is -0.141. The average molecular weight is 510 g/mol. The number of rotatable bonds is 1. The molecule has 0 bridgehead atoms. The minimum atomic E-state index is -0.141. The normalized spacial score (nSPS) is 24.5. The van der Waals surface area contributed by atoms with Gasteiger partial charge in [-0.3, -0.25) is 0 Å². The number of hydrogen-bond donors (Lipinski definition) is 0.